The Morgan fingerprint density at radius 2 is 1.55 bits per heavy atom. The van der Waals surface area contributed by atoms with Crippen LogP contribution in [0.3, 0.4) is 0 Å². The lowest BCUT2D eigenvalue weighted by Crippen LogP contribution is -2.30. The Morgan fingerprint density at radius 1 is 0.955 bits per heavy atom. The number of carbonyl (C=O) groups is 1. The maximum absolute atomic E-state index is 12.5. The van der Waals surface area contributed by atoms with Crippen molar-refractivity contribution in [3.63, 3.8) is 0 Å². The predicted molar refractivity (Wildman–Crippen MR) is 88.7 cm³/mol. The van der Waals surface area contributed by atoms with Crippen LogP contribution in [0.15, 0.2) is 77.4 Å². The van der Waals surface area contributed by atoms with E-state index in [0.717, 1.165) is 29.5 Å². The van der Waals surface area contributed by atoms with Gasteiger partial charge in [0.2, 0.25) is 5.91 Å². The molecule has 22 heavy (non-hydrogen) atoms. The number of nitrogens with one attached hydrogen (secondary N) is 1. The van der Waals surface area contributed by atoms with E-state index in [-0.39, 0.29) is 11.9 Å². The Balaban J connectivity index is 1.88. The van der Waals surface area contributed by atoms with Gasteiger partial charge in [-0.05, 0) is 24.0 Å². The molecule has 0 saturated heterocycles. The molecule has 0 spiro atoms. The highest BCUT2D eigenvalue weighted by Gasteiger charge is 2.19. The summed E-state index contributed by atoms with van der Waals surface area (Å²) in [4.78, 5) is 16.6. The van der Waals surface area contributed by atoms with E-state index in [4.69, 9.17) is 0 Å². The van der Waals surface area contributed by atoms with Gasteiger partial charge in [0.05, 0.1) is 6.04 Å². The fourth-order valence-corrected chi connectivity index (χ4v) is 2.55. The first kappa shape index (κ1) is 14.3. The first-order valence-corrected chi connectivity index (χ1v) is 7.46. The summed E-state index contributed by atoms with van der Waals surface area (Å²) in [6.45, 7) is 0. The molecule has 1 amide bonds. The molecule has 3 nitrogen and oxygen atoms in total. The zero-order chi connectivity index (χ0) is 15.2. The molecule has 0 aromatic heterocycles. The van der Waals surface area contributed by atoms with Crippen molar-refractivity contribution in [3.8, 4) is 0 Å². The molecule has 110 valence electrons. The Bertz CT molecular complexity index is 650. The first-order valence-electron chi connectivity index (χ1n) is 7.46. The molecule has 0 radical (unpaired) electrons. The minimum absolute atomic E-state index is 0.0467. The second-order valence-electron chi connectivity index (χ2n) is 5.25. The second kappa shape index (κ2) is 6.85. The van der Waals surface area contributed by atoms with Crippen LogP contribution in [0.25, 0.3) is 0 Å². The van der Waals surface area contributed by atoms with Gasteiger partial charge in [-0.1, -0.05) is 60.7 Å². The molecule has 0 fully saturated rings. The third-order valence-electron chi connectivity index (χ3n) is 3.71. The molecule has 1 aliphatic rings. The van der Waals surface area contributed by atoms with Crippen molar-refractivity contribution in [2.75, 3.05) is 0 Å². The van der Waals surface area contributed by atoms with Gasteiger partial charge in [0, 0.05) is 18.0 Å². The average Bonchev–Trinajstić information content (AvgIpc) is 2.62. The van der Waals surface area contributed by atoms with Crippen LogP contribution < -0.4 is 5.32 Å². The number of carbonyl (C=O) groups excluding carboxylic acids is 1. The fraction of sp³-hybridized carbons (Fsp3) is 0.158. The van der Waals surface area contributed by atoms with Crippen LogP contribution in [0, 0.1) is 0 Å². The molecule has 0 unspecified atom stereocenters. The molecule has 3 heteroatoms. The third-order valence-corrected chi connectivity index (χ3v) is 3.71. The van der Waals surface area contributed by atoms with Gasteiger partial charge < -0.3 is 5.32 Å². The Morgan fingerprint density at radius 3 is 2.05 bits per heavy atom. The lowest BCUT2D eigenvalue weighted by atomic mass is 9.98. The molecular formula is C19H18N2O. The predicted octanol–water partition coefficient (Wildman–Crippen LogP) is 3.64. The number of benzene rings is 2. The summed E-state index contributed by atoms with van der Waals surface area (Å²) in [5.41, 5.74) is 2.88. The van der Waals surface area contributed by atoms with E-state index in [1.165, 1.54) is 0 Å². The molecule has 1 N–H and O–H groups in total. The van der Waals surface area contributed by atoms with Gasteiger partial charge in [0.1, 0.15) is 0 Å². The quantitative estimate of drug-likeness (QED) is 0.917. The Hall–Kier alpha value is -2.68. The van der Waals surface area contributed by atoms with Crippen LogP contribution in [0.1, 0.15) is 30.0 Å². The summed E-state index contributed by atoms with van der Waals surface area (Å²) < 4.78 is 0. The molecule has 3 rings (SSSR count). The normalized spacial score (nSPS) is 13.8. The maximum Gasteiger partial charge on any atom is 0.249 e. The van der Waals surface area contributed by atoms with Gasteiger partial charge >= 0.3 is 0 Å². The fourth-order valence-electron chi connectivity index (χ4n) is 2.55. The minimum Gasteiger partial charge on any atom is -0.341 e. The molecule has 0 bridgehead atoms. The summed E-state index contributed by atoms with van der Waals surface area (Å²) >= 11 is 0. The average molecular weight is 290 g/mol. The second-order valence-corrected chi connectivity index (χ2v) is 5.25. The lowest BCUT2D eigenvalue weighted by Gasteiger charge is -2.21. The van der Waals surface area contributed by atoms with Crippen molar-refractivity contribution in [2.45, 2.75) is 18.9 Å². The van der Waals surface area contributed by atoms with E-state index < -0.39 is 0 Å². The smallest absolute Gasteiger partial charge is 0.249 e. The van der Waals surface area contributed by atoms with Gasteiger partial charge in [-0.2, -0.15) is 0 Å². The van der Waals surface area contributed by atoms with E-state index in [1.54, 1.807) is 6.20 Å². The molecule has 2 aromatic carbocycles. The van der Waals surface area contributed by atoms with Crippen LogP contribution >= 0.6 is 0 Å². The molecule has 0 saturated carbocycles. The number of amides is 1. The van der Waals surface area contributed by atoms with Gasteiger partial charge in [-0.25, -0.2) is 0 Å². The van der Waals surface area contributed by atoms with Crippen molar-refractivity contribution in [3.05, 3.63) is 83.6 Å². The van der Waals surface area contributed by atoms with E-state index in [1.807, 2.05) is 66.9 Å². The first-order chi connectivity index (χ1) is 10.8. The number of hydrogen-bond acceptors (Lipinski definition) is 2. The highest BCUT2D eigenvalue weighted by atomic mass is 16.1. The Labute approximate surface area is 130 Å². The summed E-state index contributed by atoms with van der Waals surface area (Å²) in [5, 5.41) is 3.14. The largest absolute Gasteiger partial charge is 0.341 e. The maximum atomic E-state index is 12.5. The van der Waals surface area contributed by atoms with E-state index in [0.29, 0.717) is 0 Å². The minimum atomic E-state index is -0.151. The van der Waals surface area contributed by atoms with Crippen LogP contribution in [0.4, 0.5) is 0 Å². The molecular weight excluding hydrogens is 272 g/mol. The number of rotatable bonds is 4. The summed E-state index contributed by atoms with van der Waals surface area (Å²) in [7, 11) is 0. The third kappa shape index (κ3) is 3.31. The molecule has 0 atom stereocenters. The summed E-state index contributed by atoms with van der Waals surface area (Å²) in [5.74, 6) is -0.0467. The van der Waals surface area contributed by atoms with E-state index in [2.05, 4.69) is 10.3 Å². The number of nitrogens with zero attached hydrogens (tertiary/aromatic N) is 1. The summed E-state index contributed by atoms with van der Waals surface area (Å²) in [6.07, 6.45) is 5.06. The van der Waals surface area contributed by atoms with Gasteiger partial charge in [0.15, 0.2) is 0 Å². The van der Waals surface area contributed by atoms with E-state index >= 15 is 0 Å². The topological polar surface area (TPSA) is 41.5 Å². The molecule has 2 aromatic rings. The van der Waals surface area contributed by atoms with Gasteiger partial charge in [0.25, 0.3) is 0 Å². The molecule has 1 heterocycles. The zero-order valence-electron chi connectivity index (χ0n) is 12.3. The Kier molecular flexibility index (Phi) is 4.44. The standard InChI is InChI=1S/C19H18N2O/c22-19(17-12-7-13-20-14-17)21-18(15-8-3-1-4-9-15)16-10-5-2-6-11-16/h1-6,8-11,13-14,18H,7,12H2,(H,21,22). The summed E-state index contributed by atoms with van der Waals surface area (Å²) in [6, 6.07) is 19.9. The van der Waals surface area contributed by atoms with Crippen molar-refractivity contribution < 1.29 is 4.79 Å². The van der Waals surface area contributed by atoms with E-state index in [9.17, 15) is 4.79 Å². The highest BCUT2D eigenvalue weighted by molar-refractivity contribution is 5.94. The number of aliphatic imine (C=N–C) groups is 1. The van der Waals surface area contributed by atoms with Crippen LogP contribution in [-0.4, -0.2) is 12.1 Å². The lowest BCUT2D eigenvalue weighted by molar-refractivity contribution is -0.118. The van der Waals surface area contributed by atoms with Crippen molar-refractivity contribution in [2.24, 2.45) is 4.99 Å². The number of hydrogen-bond donors (Lipinski definition) is 1. The van der Waals surface area contributed by atoms with Crippen molar-refractivity contribution in [1.82, 2.24) is 5.32 Å². The monoisotopic (exact) mass is 290 g/mol. The van der Waals surface area contributed by atoms with Gasteiger partial charge in [-0.15, -0.1) is 0 Å². The van der Waals surface area contributed by atoms with Gasteiger partial charge in [-0.3, -0.25) is 9.79 Å². The van der Waals surface area contributed by atoms with Crippen LogP contribution in [0.2, 0.25) is 0 Å². The van der Waals surface area contributed by atoms with Crippen molar-refractivity contribution >= 4 is 12.1 Å². The SMILES string of the molecule is O=C(NC(c1ccccc1)c1ccccc1)C1=CN=CCC1. The zero-order valence-corrected chi connectivity index (χ0v) is 12.3. The molecule has 1 aliphatic heterocycles. The highest BCUT2D eigenvalue weighted by Crippen LogP contribution is 2.23. The van der Waals surface area contributed by atoms with Crippen molar-refractivity contribution in [1.29, 1.82) is 0 Å². The molecule has 0 aliphatic carbocycles. The van der Waals surface area contributed by atoms with Crippen LogP contribution in [0.5, 0.6) is 0 Å². The van der Waals surface area contributed by atoms with Crippen LogP contribution in [-0.2, 0) is 4.79 Å².